The van der Waals surface area contributed by atoms with Gasteiger partial charge in [-0.3, -0.25) is 0 Å². The Kier molecular flexibility index (Phi) is 4.74. The summed E-state index contributed by atoms with van der Waals surface area (Å²) in [5.41, 5.74) is 8.92. The van der Waals surface area contributed by atoms with Crippen LogP contribution in [0.25, 0.3) is 90.2 Å². The van der Waals surface area contributed by atoms with Gasteiger partial charge in [-0.2, -0.15) is 0 Å². The summed E-state index contributed by atoms with van der Waals surface area (Å²) in [7, 11) is 0. The van der Waals surface area contributed by atoms with Crippen molar-refractivity contribution in [2.45, 2.75) is 0 Å². The zero-order chi connectivity index (χ0) is 27.6. The predicted molar refractivity (Wildman–Crippen MR) is 158 cm³/mol. The van der Waals surface area contributed by atoms with E-state index in [1.165, 1.54) is 0 Å². The number of rotatable bonds is 4. The SMILES string of the molecule is c1ccc(-c2nc3cc4nc(-c5ccc(-c6nc7cc8nc(-c9ccccc9)oc8cc7o6)cc5)oc4cc3o2)cc1. The second-order valence-corrected chi connectivity index (χ2v) is 9.96. The Morgan fingerprint density at radius 3 is 0.905 bits per heavy atom. The fourth-order valence-corrected chi connectivity index (χ4v) is 5.11. The summed E-state index contributed by atoms with van der Waals surface area (Å²) < 4.78 is 24.2. The Bertz CT molecular complexity index is 2130. The van der Waals surface area contributed by atoms with Gasteiger partial charge in [-0.1, -0.05) is 36.4 Å². The second kappa shape index (κ2) is 8.74. The first-order valence-corrected chi connectivity index (χ1v) is 13.4. The molecule has 42 heavy (non-hydrogen) atoms. The quantitative estimate of drug-likeness (QED) is 0.215. The van der Waals surface area contributed by atoms with E-state index in [1.807, 2.05) is 109 Å². The van der Waals surface area contributed by atoms with Crippen molar-refractivity contribution in [3.8, 4) is 45.8 Å². The summed E-state index contributed by atoms with van der Waals surface area (Å²) in [6.07, 6.45) is 0. The highest BCUT2D eigenvalue weighted by Crippen LogP contribution is 2.33. The molecule has 0 radical (unpaired) electrons. The molecule has 0 fully saturated rings. The van der Waals surface area contributed by atoms with Gasteiger partial charge in [0.1, 0.15) is 22.1 Å². The summed E-state index contributed by atoms with van der Waals surface area (Å²) in [6, 6.07) is 34.8. The van der Waals surface area contributed by atoms with Crippen LogP contribution in [-0.4, -0.2) is 19.9 Å². The van der Waals surface area contributed by atoms with Crippen molar-refractivity contribution in [2.75, 3.05) is 0 Å². The molecule has 4 heterocycles. The van der Waals surface area contributed by atoms with Crippen molar-refractivity contribution in [3.05, 3.63) is 109 Å². The van der Waals surface area contributed by atoms with Gasteiger partial charge in [-0.05, 0) is 60.7 Å². The van der Waals surface area contributed by atoms with Gasteiger partial charge in [-0.15, -0.1) is 0 Å². The molecule has 4 aromatic heterocycles. The summed E-state index contributed by atoms with van der Waals surface area (Å²) in [4.78, 5) is 18.7. The van der Waals surface area contributed by atoms with Crippen molar-refractivity contribution in [3.63, 3.8) is 0 Å². The highest BCUT2D eigenvalue weighted by atomic mass is 16.4. The van der Waals surface area contributed by atoms with E-state index >= 15 is 0 Å². The predicted octanol–water partition coefficient (Wildman–Crippen LogP) is 8.92. The lowest BCUT2D eigenvalue weighted by molar-refractivity contribution is 0.607. The van der Waals surface area contributed by atoms with Crippen LogP contribution < -0.4 is 0 Å². The van der Waals surface area contributed by atoms with Gasteiger partial charge in [0.25, 0.3) is 0 Å². The lowest BCUT2D eigenvalue weighted by atomic mass is 10.1. The van der Waals surface area contributed by atoms with Crippen molar-refractivity contribution >= 4 is 44.4 Å². The van der Waals surface area contributed by atoms with Crippen LogP contribution in [0.4, 0.5) is 0 Å². The minimum atomic E-state index is 0.505. The Morgan fingerprint density at radius 1 is 0.310 bits per heavy atom. The largest absolute Gasteiger partial charge is 0.436 e. The zero-order valence-electron chi connectivity index (χ0n) is 21.8. The van der Waals surface area contributed by atoms with E-state index in [1.54, 1.807) is 0 Å². The van der Waals surface area contributed by atoms with Gasteiger partial charge in [0.2, 0.25) is 23.6 Å². The first kappa shape index (κ1) is 22.8. The van der Waals surface area contributed by atoms with Gasteiger partial charge in [0.05, 0.1) is 0 Å². The van der Waals surface area contributed by atoms with Crippen molar-refractivity contribution < 1.29 is 17.7 Å². The first-order valence-electron chi connectivity index (χ1n) is 13.4. The topological polar surface area (TPSA) is 104 Å². The van der Waals surface area contributed by atoms with Crippen LogP contribution in [0.3, 0.4) is 0 Å². The van der Waals surface area contributed by atoms with Crippen LogP contribution in [-0.2, 0) is 0 Å². The average molecular weight is 547 g/mol. The van der Waals surface area contributed by atoms with Crippen molar-refractivity contribution in [2.24, 2.45) is 0 Å². The van der Waals surface area contributed by atoms with Crippen LogP contribution in [0.5, 0.6) is 0 Å². The molecular formula is C34H18N4O4. The van der Waals surface area contributed by atoms with Crippen LogP contribution >= 0.6 is 0 Å². The number of fused-ring (bicyclic) bond motifs is 4. The Hall–Kier alpha value is -6.02. The highest BCUT2D eigenvalue weighted by molar-refractivity contribution is 5.92. The zero-order valence-corrected chi connectivity index (χ0v) is 21.8. The van der Waals surface area contributed by atoms with Gasteiger partial charge < -0.3 is 17.7 Å². The molecule has 9 rings (SSSR count). The number of aromatic nitrogens is 4. The molecule has 0 amide bonds. The normalized spacial score (nSPS) is 11.8. The molecule has 0 atom stereocenters. The standard InChI is InChI=1S/C34H18N4O4/c1-3-7-19(8-4-1)31-35-23-15-25-29(17-27(23)39-31)41-33(37-25)21-11-13-22(14-12-21)34-38-26-16-24-28(18-30(26)42-34)40-32(36-24)20-9-5-2-6-10-20/h1-18H. The molecule has 0 aliphatic carbocycles. The van der Waals surface area contributed by atoms with Gasteiger partial charge >= 0.3 is 0 Å². The summed E-state index contributed by atoms with van der Waals surface area (Å²) in [5.74, 6) is 2.14. The molecule has 0 saturated heterocycles. The minimum Gasteiger partial charge on any atom is -0.436 e. The van der Waals surface area contributed by atoms with Crippen LogP contribution in [0, 0.1) is 0 Å². The van der Waals surface area contributed by atoms with Crippen LogP contribution in [0.1, 0.15) is 0 Å². The maximum atomic E-state index is 6.09. The Morgan fingerprint density at radius 2 is 0.595 bits per heavy atom. The van der Waals surface area contributed by atoms with Crippen molar-refractivity contribution in [1.82, 2.24) is 19.9 Å². The molecule has 9 aromatic rings. The third-order valence-corrected chi connectivity index (χ3v) is 7.22. The molecule has 0 N–H and O–H groups in total. The van der Waals surface area contributed by atoms with Crippen LogP contribution in [0.15, 0.2) is 127 Å². The van der Waals surface area contributed by atoms with Crippen molar-refractivity contribution in [1.29, 1.82) is 0 Å². The molecule has 0 saturated carbocycles. The maximum absolute atomic E-state index is 6.09. The second-order valence-electron chi connectivity index (χ2n) is 9.96. The number of oxazole rings is 4. The summed E-state index contributed by atoms with van der Waals surface area (Å²) in [6.45, 7) is 0. The molecule has 0 unspecified atom stereocenters. The minimum absolute atomic E-state index is 0.505. The van der Waals surface area contributed by atoms with Gasteiger partial charge in [0, 0.05) is 34.4 Å². The van der Waals surface area contributed by atoms with Crippen LogP contribution in [0.2, 0.25) is 0 Å². The summed E-state index contributed by atoms with van der Waals surface area (Å²) >= 11 is 0. The fraction of sp³-hybridized carbons (Fsp3) is 0. The Balaban J connectivity index is 1.01. The summed E-state index contributed by atoms with van der Waals surface area (Å²) in [5, 5.41) is 0. The number of hydrogen-bond acceptors (Lipinski definition) is 8. The molecule has 8 nitrogen and oxygen atoms in total. The molecule has 8 heteroatoms. The number of nitrogens with zero attached hydrogens (tertiary/aromatic N) is 4. The molecular weight excluding hydrogens is 528 g/mol. The number of benzene rings is 5. The van der Waals surface area contributed by atoms with Gasteiger partial charge in [0.15, 0.2) is 22.3 Å². The van der Waals surface area contributed by atoms with Gasteiger partial charge in [-0.25, -0.2) is 19.9 Å². The molecule has 0 aliphatic heterocycles. The van der Waals surface area contributed by atoms with E-state index in [0.29, 0.717) is 56.9 Å². The lowest BCUT2D eigenvalue weighted by Crippen LogP contribution is -1.80. The maximum Gasteiger partial charge on any atom is 0.227 e. The molecule has 0 spiro atoms. The number of hydrogen-bond donors (Lipinski definition) is 0. The van der Waals surface area contributed by atoms with E-state index in [4.69, 9.17) is 27.6 Å². The Labute approximate surface area is 236 Å². The molecule has 198 valence electrons. The lowest BCUT2D eigenvalue weighted by Gasteiger charge is -1.97. The highest BCUT2D eigenvalue weighted by Gasteiger charge is 2.16. The van der Waals surface area contributed by atoms with E-state index in [-0.39, 0.29) is 0 Å². The third kappa shape index (κ3) is 3.70. The molecule has 0 bridgehead atoms. The fourth-order valence-electron chi connectivity index (χ4n) is 5.11. The third-order valence-electron chi connectivity index (χ3n) is 7.22. The molecule has 0 aliphatic rings. The molecule has 5 aromatic carbocycles. The monoisotopic (exact) mass is 546 g/mol. The van der Waals surface area contributed by atoms with E-state index in [0.717, 1.165) is 33.3 Å². The first-order chi connectivity index (χ1) is 20.7. The smallest absolute Gasteiger partial charge is 0.227 e. The van der Waals surface area contributed by atoms with E-state index < -0.39 is 0 Å². The van der Waals surface area contributed by atoms with E-state index in [9.17, 15) is 0 Å². The van der Waals surface area contributed by atoms with E-state index in [2.05, 4.69) is 9.97 Å². The average Bonchev–Trinajstić information content (AvgIpc) is 3.83.